The molecule has 1 heterocycles. The van der Waals surface area contributed by atoms with E-state index in [9.17, 15) is 22.4 Å². The van der Waals surface area contributed by atoms with Gasteiger partial charge in [-0.2, -0.15) is 0 Å². The first-order valence-corrected chi connectivity index (χ1v) is 11.8. The van der Waals surface area contributed by atoms with Crippen LogP contribution in [0.25, 0.3) is 0 Å². The number of ketones is 1. The molecule has 0 unspecified atom stereocenters. The van der Waals surface area contributed by atoms with E-state index < -0.39 is 28.3 Å². The number of carbonyl (C=O) groups is 2. The van der Waals surface area contributed by atoms with Crippen LogP contribution in [0, 0.1) is 5.82 Å². The summed E-state index contributed by atoms with van der Waals surface area (Å²) >= 11 is 0. The molecule has 0 fully saturated rings. The smallest absolute Gasteiger partial charge is 0.264 e. The molecular formula is C24H21FN2O6S. The molecule has 34 heavy (non-hydrogen) atoms. The summed E-state index contributed by atoms with van der Waals surface area (Å²) in [5.74, 6) is -0.589. The van der Waals surface area contributed by atoms with E-state index >= 15 is 0 Å². The third-order valence-corrected chi connectivity index (χ3v) is 6.85. The maximum Gasteiger partial charge on any atom is 0.264 e. The Kier molecular flexibility index (Phi) is 6.51. The van der Waals surface area contributed by atoms with Gasteiger partial charge in [0, 0.05) is 17.3 Å². The van der Waals surface area contributed by atoms with Crippen LogP contribution in [-0.4, -0.2) is 39.9 Å². The average molecular weight is 485 g/mol. The second-order valence-corrected chi connectivity index (χ2v) is 9.34. The minimum Gasteiger partial charge on any atom is -0.486 e. The van der Waals surface area contributed by atoms with Crippen molar-refractivity contribution in [3.05, 3.63) is 78.1 Å². The second kappa shape index (κ2) is 9.52. The number of sulfonamides is 1. The number of carbonyl (C=O) groups excluding carboxylic acids is 2. The second-order valence-electron chi connectivity index (χ2n) is 7.48. The zero-order valence-electron chi connectivity index (χ0n) is 18.2. The summed E-state index contributed by atoms with van der Waals surface area (Å²) in [6, 6.07) is 15.2. The molecule has 0 saturated heterocycles. The van der Waals surface area contributed by atoms with Gasteiger partial charge in [-0.1, -0.05) is 0 Å². The molecule has 10 heteroatoms. The number of hydrogen-bond acceptors (Lipinski definition) is 6. The molecule has 0 spiro atoms. The predicted molar refractivity (Wildman–Crippen MR) is 123 cm³/mol. The first kappa shape index (κ1) is 23.2. The molecule has 1 aliphatic heterocycles. The van der Waals surface area contributed by atoms with Crippen molar-refractivity contribution in [2.24, 2.45) is 0 Å². The fourth-order valence-corrected chi connectivity index (χ4v) is 4.79. The maximum atomic E-state index is 13.5. The predicted octanol–water partition coefficient (Wildman–Crippen LogP) is 3.63. The van der Waals surface area contributed by atoms with Gasteiger partial charge in [0.25, 0.3) is 10.0 Å². The zero-order valence-corrected chi connectivity index (χ0v) is 19.0. The molecule has 0 aromatic heterocycles. The number of benzene rings is 3. The molecule has 1 N–H and O–H groups in total. The van der Waals surface area contributed by atoms with Gasteiger partial charge < -0.3 is 14.8 Å². The van der Waals surface area contributed by atoms with Crippen LogP contribution in [0.3, 0.4) is 0 Å². The van der Waals surface area contributed by atoms with Crippen molar-refractivity contribution in [1.29, 1.82) is 0 Å². The maximum absolute atomic E-state index is 13.5. The van der Waals surface area contributed by atoms with Crippen LogP contribution in [-0.2, 0) is 14.8 Å². The minimum atomic E-state index is -4.24. The highest BCUT2D eigenvalue weighted by molar-refractivity contribution is 7.92. The number of nitrogens with one attached hydrogen (secondary N) is 1. The monoisotopic (exact) mass is 484 g/mol. The molecule has 0 radical (unpaired) electrons. The largest absolute Gasteiger partial charge is 0.486 e. The van der Waals surface area contributed by atoms with Crippen molar-refractivity contribution >= 4 is 33.1 Å². The first-order valence-electron chi connectivity index (χ1n) is 10.3. The van der Waals surface area contributed by atoms with Gasteiger partial charge in [-0.3, -0.25) is 13.9 Å². The number of anilines is 2. The molecule has 0 bridgehead atoms. The SMILES string of the molecule is CC(=O)c1ccc(NC(=O)CN(c2ccc(F)cc2)S(=O)(=O)c2ccc3c(c2)OCCO3)cc1. The lowest BCUT2D eigenvalue weighted by atomic mass is 10.1. The number of nitrogens with zero attached hydrogens (tertiary/aromatic N) is 1. The van der Waals surface area contributed by atoms with E-state index in [1.807, 2.05) is 0 Å². The van der Waals surface area contributed by atoms with E-state index in [0.29, 0.717) is 23.6 Å². The normalized spacial score (nSPS) is 12.6. The molecular weight excluding hydrogens is 463 g/mol. The zero-order chi connectivity index (χ0) is 24.3. The average Bonchev–Trinajstić information content (AvgIpc) is 2.83. The molecule has 4 rings (SSSR count). The van der Waals surface area contributed by atoms with E-state index in [2.05, 4.69) is 5.32 Å². The number of rotatable bonds is 7. The Morgan fingerprint density at radius 3 is 2.24 bits per heavy atom. The molecule has 0 saturated carbocycles. The summed E-state index contributed by atoms with van der Waals surface area (Å²) in [5.41, 5.74) is 0.983. The third kappa shape index (κ3) is 5.01. The lowest BCUT2D eigenvalue weighted by Gasteiger charge is -2.25. The summed E-state index contributed by atoms with van der Waals surface area (Å²) in [5, 5.41) is 2.62. The van der Waals surface area contributed by atoms with Gasteiger partial charge in [-0.15, -0.1) is 0 Å². The molecule has 176 valence electrons. The minimum absolute atomic E-state index is 0.110. The molecule has 3 aromatic carbocycles. The number of amides is 1. The van der Waals surface area contributed by atoms with Gasteiger partial charge in [-0.05, 0) is 67.6 Å². The van der Waals surface area contributed by atoms with Crippen LogP contribution in [0.4, 0.5) is 15.8 Å². The van der Waals surface area contributed by atoms with Gasteiger partial charge in [0.2, 0.25) is 5.91 Å². The molecule has 0 aliphatic carbocycles. The highest BCUT2D eigenvalue weighted by Crippen LogP contribution is 2.34. The van der Waals surface area contributed by atoms with Crippen LogP contribution >= 0.6 is 0 Å². The quantitative estimate of drug-likeness (QED) is 0.514. The summed E-state index contributed by atoms with van der Waals surface area (Å²) < 4.78 is 52.4. The highest BCUT2D eigenvalue weighted by Gasteiger charge is 2.29. The molecule has 0 atom stereocenters. The highest BCUT2D eigenvalue weighted by atomic mass is 32.2. The summed E-state index contributed by atoms with van der Waals surface area (Å²) in [6.45, 7) is 1.49. The number of fused-ring (bicyclic) bond motifs is 1. The fourth-order valence-electron chi connectivity index (χ4n) is 3.35. The van der Waals surface area contributed by atoms with Crippen molar-refractivity contribution in [3.63, 3.8) is 0 Å². The Morgan fingerprint density at radius 1 is 0.941 bits per heavy atom. The van der Waals surface area contributed by atoms with Crippen molar-refractivity contribution in [2.45, 2.75) is 11.8 Å². The van der Waals surface area contributed by atoms with Crippen LogP contribution < -0.4 is 19.1 Å². The van der Waals surface area contributed by atoms with Gasteiger partial charge >= 0.3 is 0 Å². The Balaban J connectivity index is 1.63. The van der Waals surface area contributed by atoms with Crippen LogP contribution in [0.5, 0.6) is 11.5 Å². The summed E-state index contributed by atoms with van der Waals surface area (Å²) in [4.78, 5) is 24.1. The van der Waals surface area contributed by atoms with Crippen LogP contribution in [0.15, 0.2) is 71.6 Å². The van der Waals surface area contributed by atoms with Gasteiger partial charge in [-0.25, -0.2) is 12.8 Å². The lowest BCUT2D eigenvalue weighted by Crippen LogP contribution is -2.38. The molecule has 1 aliphatic rings. The topological polar surface area (TPSA) is 102 Å². The number of halogens is 1. The summed E-state index contributed by atoms with van der Waals surface area (Å²) in [7, 11) is -4.24. The van der Waals surface area contributed by atoms with E-state index in [-0.39, 0.29) is 28.7 Å². The Hall–Kier alpha value is -3.92. The Bertz CT molecular complexity index is 1320. The number of Topliss-reactive ketones (excluding diaryl/α,β-unsaturated/α-hetero) is 1. The van der Waals surface area contributed by atoms with Crippen LogP contribution in [0.2, 0.25) is 0 Å². The van der Waals surface area contributed by atoms with Gasteiger partial charge in [0.15, 0.2) is 17.3 Å². The van der Waals surface area contributed by atoms with E-state index in [1.165, 1.54) is 37.3 Å². The van der Waals surface area contributed by atoms with Gasteiger partial charge in [0.1, 0.15) is 25.6 Å². The Morgan fingerprint density at radius 2 is 1.59 bits per heavy atom. The Labute approximate surface area is 196 Å². The molecule has 8 nitrogen and oxygen atoms in total. The van der Waals surface area contributed by atoms with Gasteiger partial charge in [0.05, 0.1) is 10.6 Å². The van der Waals surface area contributed by atoms with E-state index in [1.54, 1.807) is 24.3 Å². The fraction of sp³-hybridized carbons (Fsp3) is 0.167. The van der Waals surface area contributed by atoms with E-state index in [0.717, 1.165) is 16.4 Å². The number of hydrogen-bond donors (Lipinski definition) is 1. The lowest BCUT2D eigenvalue weighted by molar-refractivity contribution is -0.114. The van der Waals surface area contributed by atoms with Crippen LogP contribution in [0.1, 0.15) is 17.3 Å². The summed E-state index contributed by atoms with van der Waals surface area (Å²) in [6.07, 6.45) is 0. The third-order valence-electron chi connectivity index (χ3n) is 5.08. The first-order chi connectivity index (χ1) is 16.2. The number of ether oxygens (including phenoxy) is 2. The van der Waals surface area contributed by atoms with E-state index in [4.69, 9.17) is 9.47 Å². The van der Waals surface area contributed by atoms with Crippen molar-refractivity contribution in [3.8, 4) is 11.5 Å². The van der Waals surface area contributed by atoms with Crippen molar-refractivity contribution in [2.75, 3.05) is 29.4 Å². The molecule has 3 aromatic rings. The standard InChI is InChI=1S/C24H21FN2O6S/c1-16(28)17-2-6-19(7-3-17)26-24(29)15-27(20-8-4-18(25)5-9-20)34(30,31)21-10-11-22-23(14-21)33-13-12-32-22/h2-11,14H,12-13,15H2,1H3,(H,26,29). The van der Waals surface area contributed by atoms with Crippen molar-refractivity contribution in [1.82, 2.24) is 0 Å². The van der Waals surface area contributed by atoms with Crippen molar-refractivity contribution < 1.29 is 31.9 Å². The molecule has 1 amide bonds.